The van der Waals surface area contributed by atoms with E-state index >= 15 is 0 Å². The summed E-state index contributed by atoms with van der Waals surface area (Å²) >= 11 is 0. The van der Waals surface area contributed by atoms with E-state index in [0.29, 0.717) is 6.42 Å². The molecular formula is C12H15F2NO. The number of piperidine rings is 1. The van der Waals surface area contributed by atoms with Gasteiger partial charge in [0.15, 0.2) is 0 Å². The Labute approximate surface area is 93.3 Å². The van der Waals surface area contributed by atoms with Crippen LogP contribution in [-0.2, 0) is 6.42 Å². The van der Waals surface area contributed by atoms with Crippen molar-refractivity contribution >= 4 is 0 Å². The zero-order valence-corrected chi connectivity index (χ0v) is 8.97. The van der Waals surface area contributed by atoms with Crippen LogP contribution in [0.25, 0.3) is 0 Å². The van der Waals surface area contributed by atoms with Gasteiger partial charge in [0.1, 0.15) is 17.4 Å². The van der Waals surface area contributed by atoms with Crippen LogP contribution in [0.15, 0.2) is 12.1 Å². The summed E-state index contributed by atoms with van der Waals surface area (Å²) in [6.45, 7) is 0.925. The normalized spacial score (nSPS) is 21.0. The first-order valence-corrected chi connectivity index (χ1v) is 5.57. The van der Waals surface area contributed by atoms with Crippen molar-refractivity contribution in [1.29, 1.82) is 0 Å². The fourth-order valence-corrected chi connectivity index (χ4v) is 2.14. The second-order valence-corrected chi connectivity index (χ2v) is 4.24. The molecule has 1 unspecified atom stereocenters. The van der Waals surface area contributed by atoms with E-state index in [9.17, 15) is 13.9 Å². The molecule has 1 aromatic carbocycles. The lowest BCUT2D eigenvalue weighted by atomic mass is 9.97. The Kier molecular flexibility index (Phi) is 3.39. The zero-order valence-electron chi connectivity index (χ0n) is 8.97. The van der Waals surface area contributed by atoms with Gasteiger partial charge in [-0.3, -0.25) is 0 Å². The quantitative estimate of drug-likeness (QED) is 0.812. The highest BCUT2D eigenvalue weighted by atomic mass is 19.1. The number of phenols is 1. The van der Waals surface area contributed by atoms with Crippen LogP contribution >= 0.6 is 0 Å². The van der Waals surface area contributed by atoms with Crippen LogP contribution in [0.4, 0.5) is 8.78 Å². The lowest BCUT2D eigenvalue weighted by Gasteiger charge is -2.23. The van der Waals surface area contributed by atoms with Crippen molar-refractivity contribution in [2.24, 2.45) is 0 Å². The van der Waals surface area contributed by atoms with Gasteiger partial charge in [-0.2, -0.15) is 0 Å². The molecule has 1 aliphatic heterocycles. The highest BCUT2D eigenvalue weighted by Gasteiger charge is 2.18. The Balaban J connectivity index is 2.14. The zero-order chi connectivity index (χ0) is 11.5. The van der Waals surface area contributed by atoms with Crippen LogP contribution in [0.2, 0.25) is 0 Å². The van der Waals surface area contributed by atoms with E-state index in [1.54, 1.807) is 0 Å². The molecule has 1 heterocycles. The Morgan fingerprint density at radius 3 is 2.75 bits per heavy atom. The maximum absolute atomic E-state index is 13.4. The molecule has 1 aliphatic rings. The van der Waals surface area contributed by atoms with E-state index in [1.165, 1.54) is 0 Å². The summed E-state index contributed by atoms with van der Waals surface area (Å²) in [5.74, 6) is -1.69. The first-order chi connectivity index (χ1) is 7.66. The molecule has 2 N–H and O–H groups in total. The van der Waals surface area contributed by atoms with E-state index in [2.05, 4.69) is 5.32 Å². The van der Waals surface area contributed by atoms with Crippen molar-refractivity contribution in [2.75, 3.05) is 6.54 Å². The van der Waals surface area contributed by atoms with Gasteiger partial charge >= 0.3 is 0 Å². The lowest BCUT2D eigenvalue weighted by molar-refractivity contribution is 0.384. The molecule has 0 saturated carbocycles. The van der Waals surface area contributed by atoms with Crippen LogP contribution in [0.1, 0.15) is 24.8 Å². The summed E-state index contributed by atoms with van der Waals surface area (Å²) in [7, 11) is 0. The van der Waals surface area contributed by atoms with Crippen LogP contribution in [0.3, 0.4) is 0 Å². The smallest absolute Gasteiger partial charge is 0.133 e. The summed E-state index contributed by atoms with van der Waals surface area (Å²) in [5.41, 5.74) is 0.209. The van der Waals surface area contributed by atoms with Crippen molar-refractivity contribution in [3.05, 3.63) is 29.3 Å². The number of nitrogens with one attached hydrogen (secondary N) is 1. The monoisotopic (exact) mass is 227 g/mol. The Morgan fingerprint density at radius 1 is 1.31 bits per heavy atom. The number of benzene rings is 1. The van der Waals surface area contributed by atoms with Gasteiger partial charge in [-0.1, -0.05) is 6.42 Å². The summed E-state index contributed by atoms with van der Waals surface area (Å²) in [6.07, 6.45) is 3.63. The fourth-order valence-electron chi connectivity index (χ4n) is 2.14. The molecule has 1 fully saturated rings. The van der Waals surface area contributed by atoms with Crippen molar-refractivity contribution in [3.63, 3.8) is 0 Å². The molecular weight excluding hydrogens is 212 g/mol. The van der Waals surface area contributed by atoms with Crippen molar-refractivity contribution in [1.82, 2.24) is 5.32 Å². The Hall–Kier alpha value is -1.16. The van der Waals surface area contributed by atoms with E-state index in [0.717, 1.165) is 37.9 Å². The Bertz CT molecular complexity index is 352. The number of phenolic OH excluding ortho intramolecular Hbond substituents is 1. The summed E-state index contributed by atoms with van der Waals surface area (Å²) in [6, 6.07) is 1.96. The van der Waals surface area contributed by atoms with E-state index < -0.39 is 11.6 Å². The number of hydrogen-bond acceptors (Lipinski definition) is 2. The Morgan fingerprint density at radius 2 is 2.12 bits per heavy atom. The van der Waals surface area contributed by atoms with Crippen molar-refractivity contribution in [3.8, 4) is 5.75 Å². The number of hydrogen-bond donors (Lipinski definition) is 2. The van der Waals surface area contributed by atoms with Crippen LogP contribution < -0.4 is 5.32 Å². The highest BCUT2D eigenvalue weighted by molar-refractivity contribution is 5.34. The molecule has 1 saturated heterocycles. The number of halogens is 2. The summed E-state index contributed by atoms with van der Waals surface area (Å²) in [5, 5.41) is 12.8. The molecule has 0 aromatic heterocycles. The second kappa shape index (κ2) is 4.78. The van der Waals surface area contributed by atoms with Gasteiger partial charge in [-0.25, -0.2) is 8.78 Å². The van der Waals surface area contributed by atoms with Gasteiger partial charge < -0.3 is 10.4 Å². The molecule has 0 spiro atoms. The molecule has 1 aromatic rings. The predicted molar refractivity (Wildman–Crippen MR) is 57.4 cm³/mol. The molecule has 16 heavy (non-hydrogen) atoms. The van der Waals surface area contributed by atoms with Crippen molar-refractivity contribution in [2.45, 2.75) is 31.7 Å². The van der Waals surface area contributed by atoms with Crippen molar-refractivity contribution < 1.29 is 13.9 Å². The highest BCUT2D eigenvalue weighted by Crippen LogP contribution is 2.25. The molecule has 2 nitrogen and oxygen atoms in total. The largest absolute Gasteiger partial charge is 0.507 e. The average molecular weight is 227 g/mol. The standard InChI is InChI=1S/C12H15F2NO/c13-8-5-11(14)10(12(16)6-8)7-9-3-1-2-4-15-9/h5-6,9,15-16H,1-4,7H2. The summed E-state index contributed by atoms with van der Waals surface area (Å²) < 4.78 is 26.2. The molecule has 0 amide bonds. The minimum Gasteiger partial charge on any atom is -0.507 e. The first-order valence-electron chi connectivity index (χ1n) is 5.57. The van der Waals surface area contributed by atoms with Gasteiger partial charge in [0.25, 0.3) is 0 Å². The van der Waals surface area contributed by atoms with E-state index in [4.69, 9.17) is 0 Å². The van der Waals surface area contributed by atoms with Gasteiger partial charge in [-0.05, 0) is 25.8 Å². The van der Waals surface area contributed by atoms with E-state index in [-0.39, 0.29) is 17.4 Å². The summed E-state index contributed by atoms with van der Waals surface area (Å²) in [4.78, 5) is 0. The maximum Gasteiger partial charge on any atom is 0.133 e. The second-order valence-electron chi connectivity index (χ2n) is 4.24. The number of rotatable bonds is 2. The third-order valence-electron chi connectivity index (χ3n) is 3.00. The number of aromatic hydroxyl groups is 1. The minimum atomic E-state index is -0.740. The molecule has 88 valence electrons. The van der Waals surface area contributed by atoms with Gasteiger partial charge in [0.2, 0.25) is 0 Å². The molecule has 4 heteroatoms. The first kappa shape index (κ1) is 11.3. The third-order valence-corrected chi connectivity index (χ3v) is 3.00. The fraction of sp³-hybridized carbons (Fsp3) is 0.500. The van der Waals surface area contributed by atoms with Crippen LogP contribution in [-0.4, -0.2) is 17.7 Å². The van der Waals surface area contributed by atoms with E-state index in [1.807, 2.05) is 0 Å². The average Bonchev–Trinajstić information content (AvgIpc) is 2.25. The van der Waals surface area contributed by atoms with Crippen LogP contribution in [0.5, 0.6) is 5.75 Å². The van der Waals surface area contributed by atoms with Gasteiger partial charge in [-0.15, -0.1) is 0 Å². The third kappa shape index (κ3) is 2.50. The topological polar surface area (TPSA) is 32.3 Å². The lowest BCUT2D eigenvalue weighted by Crippen LogP contribution is -2.35. The maximum atomic E-state index is 13.4. The van der Waals surface area contributed by atoms with Gasteiger partial charge in [0, 0.05) is 23.7 Å². The molecule has 0 bridgehead atoms. The molecule has 0 radical (unpaired) electrons. The molecule has 2 rings (SSSR count). The van der Waals surface area contributed by atoms with Gasteiger partial charge in [0.05, 0.1) is 0 Å². The molecule has 0 aliphatic carbocycles. The minimum absolute atomic E-state index is 0.180. The molecule has 1 atom stereocenters. The SMILES string of the molecule is Oc1cc(F)cc(F)c1CC1CCCCN1. The predicted octanol–water partition coefficient (Wildman–Crippen LogP) is 2.35. The van der Waals surface area contributed by atoms with Crippen LogP contribution in [0, 0.1) is 11.6 Å².